The number of nitrogens with one attached hydrogen (secondary N) is 1. The normalized spacial score (nSPS) is 24.5. The topological polar surface area (TPSA) is 58.6 Å². The van der Waals surface area contributed by atoms with Crippen molar-refractivity contribution in [1.29, 1.82) is 0 Å². The third kappa shape index (κ3) is 3.87. The van der Waals surface area contributed by atoms with E-state index in [1.54, 1.807) is 24.3 Å². The van der Waals surface area contributed by atoms with E-state index < -0.39 is 30.2 Å². The molecule has 0 aromatic heterocycles. The van der Waals surface area contributed by atoms with E-state index in [-0.39, 0.29) is 19.6 Å². The molecule has 2 atom stereocenters. The van der Waals surface area contributed by atoms with Gasteiger partial charge in [-0.2, -0.15) is 13.2 Å². The van der Waals surface area contributed by atoms with Crippen molar-refractivity contribution < 1.29 is 27.8 Å². The minimum absolute atomic E-state index is 0.0432. The van der Waals surface area contributed by atoms with Crippen molar-refractivity contribution in [3.63, 3.8) is 0 Å². The molecule has 0 aliphatic heterocycles. The average molecular weight is 303 g/mol. The third-order valence-electron chi connectivity index (χ3n) is 3.70. The van der Waals surface area contributed by atoms with Gasteiger partial charge in [0.2, 0.25) is 0 Å². The zero-order valence-electron chi connectivity index (χ0n) is 11.2. The van der Waals surface area contributed by atoms with Crippen molar-refractivity contribution >= 4 is 6.09 Å². The number of aliphatic hydroxyl groups excluding tert-OH is 1. The summed E-state index contributed by atoms with van der Waals surface area (Å²) in [5.74, 6) is -1.57. The molecule has 7 heteroatoms. The van der Waals surface area contributed by atoms with Crippen LogP contribution in [0.2, 0.25) is 0 Å². The van der Waals surface area contributed by atoms with Gasteiger partial charge in [-0.25, -0.2) is 4.79 Å². The van der Waals surface area contributed by atoms with Gasteiger partial charge in [0.15, 0.2) is 0 Å². The summed E-state index contributed by atoms with van der Waals surface area (Å²) >= 11 is 0. The van der Waals surface area contributed by atoms with Crippen molar-refractivity contribution in [3.8, 4) is 0 Å². The number of hydrogen-bond donors (Lipinski definition) is 2. The highest BCUT2D eigenvalue weighted by atomic mass is 19.4. The molecular formula is C14H16F3NO3. The summed E-state index contributed by atoms with van der Waals surface area (Å²) in [6.45, 7) is -0.820. The van der Waals surface area contributed by atoms with Crippen LogP contribution >= 0.6 is 0 Å². The second kappa shape index (κ2) is 5.93. The molecule has 0 radical (unpaired) electrons. The number of benzene rings is 1. The number of aliphatic hydroxyl groups is 1. The van der Waals surface area contributed by atoms with Crippen LogP contribution in [0, 0.1) is 11.3 Å². The fourth-order valence-electron chi connectivity index (χ4n) is 2.26. The molecule has 1 fully saturated rings. The van der Waals surface area contributed by atoms with Gasteiger partial charge in [0.1, 0.15) is 6.61 Å². The molecule has 1 aliphatic rings. The van der Waals surface area contributed by atoms with Gasteiger partial charge in [-0.05, 0) is 12.0 Å². The number of amides is 1. The van der Waals surface area contributed by atoms with Crippen molar-refractivity contribution in [2.45, 2.75) is 19.2 Å². The molecule has 1 aliphatic carbocycles. The standard InChI is InChI=1S/C14H16F3NO3/c15-14(16,17)11-6-13(11,9-19)8-18-12(20)21-7-10-4-2-1-3-5-10/h1-5,11,19H,6-9H2,(H,18,20)/t11-,13-/m0/s1. The molecule has 1 amide bonds. The number of ether oxygens (including phenoxy) is 1. The first-order valence-electron chi connectivity index (χ1n) is 6.49. The van der Waals surface area contributed by atoms with E-state index in [1.165, 1.54) is 0 Å². The van der Waals surface area contributed by atoms with E-state index in [1.807, 2.05) is 6.07 Å². The second-order valence-electron chi connectivity index (χ2n) is 5.23. The monoisotopic (exact) mass is 303 g/mol. The number of carbonyl (C=O) groups excluding carboxylic acids is 1. The predicted octanol–water partition coefficient (Wildman–Crippen LogP) is 2.47. The summed E-state index contributed by atoms with van der Waals surface area (Å²) in [6, 6.07) is 8.93. The molecule has 1 aromatic carbocycles. The summed E-state index contributed by atoms with van der Waals surface area (Å²) in [6.07, 6.45) is -5.32. The summed E-state index contributed by atoms with van der Waals surface area (Å²) in [4.78, 5) is 11.5. The van der Waals surface area contributed by atoms with Gasteiger partial charge >= 0.3 is 12.3 Å². The highest BCUT2D eigenvalue weighted by Crippen LogP contribution is 2.59. The Morgan fingerprint density at radius 3 is 2.57 bits per heavy atom. The fourth-order valence-corrected chi connectivity index (χ4v) is 2.26. The maximum absolute atomic E-state index is 12.6. The Morgan fingerprint density at radius 1 is 1.38 bits per heavy atom. The second-order valence-corrected chi connectivity index (χ2v) is 5.23. The molecule has 21 heavy (non-hydrogen) atoms. The minimum Gasteiger partial charge on any atom is -0.445 e. The van der Waals surface area contributed by atoms with Crippen molar-refractivity contribution in [1.82, 2.24) is 5.32 Å². The quantitative estimate of drug-likeness (QED) is 0.878. The largest absolute Gasteiger partial charge is 0.445 e. The summed E-state index contributed by atoms with van der Waals surface area (Å²) in [5.41, 5.74) is -0.520. The molecule has 0 saturated heterocycles. The Labute approximate surface area is 119 Å². The van der Waals surface area contributed by atoms with E-state index >= 15 is 0 Å². The molecule has 0 heterocycles. The number of rotatable bonds is 5. The highest BCUT2D eigenvalue weighted by Gasteiger charge is 2.66. The molecule has 116 valence electrons. The summed E-state index contributed by atoms with van der Waals surface area (Å²) < 4.78 is 42.6. The lowest BCUT2D eigenvalue weighted by Gasteiger charge is -2.16. The van der Waals surface area contributed by atoms with E-state index in [2.05, 4.69) is 5.32 Å². The molecule has 0 spiro atoms. The van der Waals surface area contributed by atoms with Crippen LogP contribution in [0.3, 0.4) is 0 Å². The first kappa shape index (κ1) is 15.6. The van der Waals surface area contributed by atoms with Crippen molar-refractivity contribution in [2.75, 3.05) is 13.2 Å². The zero-order valence-corrected chi connectivity index (χ0v) is 11.2. The highest BCUT2D eigenvalue weighted by molar-refractivity contribution is 5.67. The average Bonchev–Trinajstić information content (AvgIpc) is 3.20. The lowest BCUT2D eigenvalue weighted by Crippen LogP contribution is -2.35. The third-order valence-corrected chi connectivity index (χ3v) is 3.70. The number of hydrogen-bond acceptors (Lipinski definition) is 3. The molecule has 1 aromatic rings. The lowest BCUT2D eigenvalue weighted by molar-refractivity contribution is -0.158. The van der Waals surface area contributed by atoms with Crippen LogP contribution in [0.5, 0.6) is 0 Å². The van der Waals surface area contributed by atoms with E-state index in [0.29, 0.717) is 0 Å². The van der Waals surface area contributed by atoms with Crippen molar-refractivity contribution in [3.05, 3.63) is 35.9 Å². The number of carbonyl (C=O) groups is 1. The van der Waals surface area contributed by atoms with Gasteiger partial charge in [-0.3, -0.25) is 0 Å². The Balaban J connectivity index is 1.77. The zero-order chi connectivity index (χ0) is 15.5. The SMILES string of the molecule is O=C(NC[C@]1(CO)C[C@@H]1C(F)(F)F)OCc1ccccc1. The van der Waals surface area contributed by atoms with Gasteiger partial charge in [-0.15, -0.1) is 0 Å². The molecule has 2 N–H and O–H groups in total. The van der Waals surface area contributed by atoms with Crippen LogP contribution in [0.25, 0.3) is 0 Å². The predicted molar refractivity (Wildman–Crippen MR) is 68.3 cm³/mol. The lowest BCUT2D eigenvalue weighted by atomic mass is 10.1. The molecule has 0 bridgehead atoms. The Bertz CT molecular complexity index is 492. The summed E-state index contributed by atoms with van der Waals surface area (Å²) in [5, 5.41) is 11.4. The van der Waals surface area contributed by atoms with Crippen LogP contribution in [-0.4, -0.2) is 30.5 Å². The molecular weight excluding hydrogens is 287 g/mol. The first-order valence-corrected chi connectivity index (χ1v) is 6.49. The molecule has 2 rings (SSSR count). The fraction of sp³-hybridized carbons (Fsp3) is 0.500. The Hall–Kier alpha value is -1.76. The maximum atomic E-state index is 12.6. The van der Waals surface area contributed by atoms with Crippen LogP contribution in [0.1, 0.15) is 12.0 Å². The number of halogens is 3. The van der Waals surface area contributed by atoms with Crippen LogP contribution in [-0.2, 0) is 11.3 Å². The van der Waals surface area contributed by atoms with Gasteiger partial charge < -0.3 is 15.2 Å². The minimum atomic E-state index is -4.35. The maximum Gasteiger partial charge on any atom is 0.407 e. The van der Waals surface area contributed by atoms with Crippen LogP contribution < -0.4 is 5.32 Å². The molecule has 4 nitrogen and oxygen atoms in total. The van der Waals surface area contributed by atoms with E-state index in [9.17, 15) is 18.0 Å². The Morgan fingerprint density at radius 2 is 2.05 bits per heavy atom. The van der Waals surface area contributed by atoms with E-state index in [0.717, 1.165) is 5.56 Å². The van der Waals surface area contributed by atoms with Crippen LogP contribution in [0.4, 0.5) is 18.0 Å². The smallest absolute Gasteiger partial charge is 0.407 e. The summed E-state index contributed by atoms with van der Waals surface area (Å²) in [7, 11) is 0. The number of alkyl carbamates (subject to hydrolysis) is 1. The van der Waals surface area contributed by atoms with Gasteiger partial charge in [0.25, 0.3) is 0 Å². The first-order chi connectivity index (χ1) is 9.87. The van der Waals surface area contributed by atoms with Gasteiger partial charge in [-0.1, -0.05) is 30.3 Å². The van der Waals surface area contributed by atoms with Crippen LogP contribution in [0.15, 0.2) is 30.3 Å². The van der Waals surface area contributed by atoms with E-state index in [4.69, 9.17) is 9.84 Å². The van der Waals surface area contributed by atoms with Crippen molar-refractivity contribution in [2.24, 2.45) is 11.3 Å². The molecule has 1 saturated carbocycles. The number of alkyl halides is 3. The van der Waals surface area contributed by atoms with Gasteiger partial charge in [0, 0.05) is 12.0 Å². The van der Waals surface area contributed by atoms with Gasteiger partial charge in [0.05, 0.1) is 12.5 Å². The Kier molecular flexibility index (Phi) is 4.41. The molecule has 0 unspecified atom stereocenters.